The number of carbonyl (C=O) groups is 4. The molecule has 0 aliphatic rings. The van der Waals surface area contributed by atoms with Crippen LogP contribution >= 0.6 is 34.8 Å². The second-order valence-corrected chi connectivity index (χ2v) is 23.8. The molecule has 4 amide bonds. The van der Waals surface area contributed by atoms with Gasteiger partial charge >= 0.3 is 0 Å². The number of carbonyl (C=O) groups excluding carboxylic acids is 4. The maximum atomic E-state index is 11.9. The Morgan fingerprint density at radius 1 is 0.416 bits per heavy atom. The summed E-state index contributed by atoms with van der Waals surface area (Å²) in [6.07, 6.45) is 5.41. The molecule has 101 heavy (non-hydrogen) atoms. The molecule has 6 aromatic carbocycles. The largest absolute Gasteiger partial charge is 0.480 e. The Hall–Kier alpha value is -12.3. The van der Waals surface area contributed by atoms with Crippen LogP contribution in [0.3, 0.4) is 0 Å². The highest BCUT2D eigenvalue weighted by atomic mass is 35.5. The molecular weight excluding hydrogens is 1360 g/mol. The molecule has 10 N–H and O–H groups in total. The minimum Gasteiger partial charge on any atom is -0.480 e. The number of methoxy groups -OCH3 is 2. The molecule has 30 heteroatoms. The van der Waals surface area contributed by atoms with Gasteiger partial charge in [0.2, 0.25) is 35.5 Å². The summed E-state index contributed by atoms with van der Waals surface area (Å²) in [4.78, 5) is 92.9. The third-order valence-corrected chi connectivity index (χ3v) is 16.6. The fourth-order valence-electron chi connectivity index (χ4n) is 10.9. The van der Waals surface area contributed by atoms with E-state index in [2.05, 4.69) is 92.0 Å². The fraction of sp³-hybridized carbons (Fsp3) is 0.155. The highest BCUT2D eigenvalue weighted by Crippen LogP contribution is 2.41. The summed E-state index contributed by atoms with van der Waals surface area (Å²) in [5.74, 6) is 2.46. The lowest BCUT2D eigenvalue weighted by Gasteiger charge is -2.14. The van der Waals surface area contributed by atoms with Gasteiger partial charge in [0.15, 0.2) is 22.9 Å². The standard InChI is InChI=1S/C25H23ClN6O3.C23H19ClN6O3.C23H21ClN6O3/c1-12(2)34-24-21-16(14-5-8-19-20(10-14)35-13(3)29-19)11-28-22(21)31-25(32-24)30-18-7-6-15(9-17(18)26)23(33)27-4;1-11-27-17-7-4-12(9-18(17)33-11)14-10-26-20-19(14)22(32-3)30-23(29-20)28-16-6-5-13(8-15(16)24)21(31)25-2;1-25-20(31)13-6-4-12(5-7-13)15-11-27-19-18(15)22(33-3)30-23(29-19)28-17-9-8-14(10-16(17)24)21(32)26-2/h5-12H,1-4H3,(H,27,33)(H2,28,30,31,32);4-10H,1-3H3,(H,25,31)(H2,26,28,29,30);4-11H,1-3H3,(H,25,31)(H,26,32)(H2,27,28,29,30). The van der Waals surface area contributed by atoms with E-state index in [-0.39, 0.29) is 35.7 Å². The number of benzene rings is 6. The van der Waals surface area contributed by atoms with E-state index in [1.54, 1.807) is 102 Å². The van der Waals surface area contributed by atoms with Crippen LogP contribution in [0.4, 0.5) is 34.9 Å². The van der Waals surface area contributed by atoms with Crippen LogP contribution in [0.5, 0.6) is 17.6 Å². The van der Waals surface area contributed by atoms with Gasteiger partial charge in [-0.15, -0.1) is 0 Å². The van der Waals surface area contributed by atoms with Crippen LogP contribution in [-0.4, -0.2) is 127 Å². The summed E-state index contributed by atoms with van der Waals surface area (Å²) >= 11 is 19.1. The van der Waals surface area contributed by atoms with E-state index in [1.165, 1.54) is 7.11 Å². The number of aromatic nitrogens is 11. The maximum Gasteiger partial charge on any atom is 0.251 e. The van der Waals surface area contributed by atoms with E-state index >= 15 is 0 Å². The maximum absolute atomic E-state index is 11.9. The zero-order chi connectivity index (χ0) is 71.3. The summed E-state index contributed by atoms with van der Waals surface area (Å²) in [6, 6.07) is 33.6. The predicted molar refractivity (Wildman–Crippen MR) is 389 cm³/mol. The normalized spacial score (nSPS) is 11.1. The molecule has 0 saturated carbocycles. The Morgan fingerprint density at radius 3 is 1.09 bits per heavy atom. The van der Waals surface area contributed by atoms with Crippen molar-refractivity contribution in [2.75, 3.05) is 58.4 Å². The zero-order valence-corrected chi connectivity index (χ0v) is 57.9. The molecular formula is C71H63Cl3N18O9. The molecule has 0 unspecified atom stereocenters. The van der Waals surface area contributed by atoms with Crippen molar-refractivity contribution in [3.63, 3.8) is 0 Å². The summed E-state index contributed by atoms with van der Waals surface area (Å²) in [5, 5.41) is 22.9. The first kappa shape index (κ1) is 68.6. The second kappa shape index (κ2) is 29.4. The van der Waals surface area contributed by atoms with Crippen LogP contribution in [0.2, 0.25) is 15.1 Å². The van der Waals surface area contributed by atoms with Crippen molar-refractivity contribution in [3.8, 4) is 51.0 Å². The molecule has 14 aromatic rings. The molecule has 0 radical (unpaired) electrons. The Balaban J connectivity index is 0.000000143. The Kier molecular flexibility index (Phi) is 20.0. The van der Waals surface area contributed by atoms with E-state index < -0.39 is 0 Å². The monoisotopic (exact) mass is 1420 g/mol. The quantitative estimate of drug-likeness (QED) is 0.0405. The number of hydrogen-bond donors (Lipinski definition) is 10. The number of nitrogens with zero attached hydrogens (tertiary/aromatic N) is 8. The second-order valence-electron chi connectivity index (χ2n) is 22.6. The Morgan fingerprint density at radius 2 is 0.743 bits per heavy atom. The van der Waals surface area contributed by atoms with Crippen LogP contribution in [0.1, 0.15) is 67.1 Å². The van der Waals surface area contributed by atoms with E-state index in [0.717, 1.165) is 55.2 Å². The lowest BCUT2D eigenvalue weighted by molar-refractivity contribution is 0.0955. The van der Waals surface area contributed by atoms with Crippen LogP contribution < -0.4 is 51.4 Å². The first-order valence-corrected chi connectivity index (χ1v) is 32.2. The summed E-state index contributed by atoms with van der Waals surface area (Å²) in [7, 11) is 9.36. The number of fused-ring (bicyclic) bond motifs is 5. The predicted octanol–water partition coefficient (Wildman–Crippen LogP) is 14.2. The molecule has 0 bridgehead atoms. The van der Waals surface area contributed by atoms with Gasteiger partial charge < -0.3 is 75.2 Å². The van der Waals surface area contributed by atoms with Gasteiger partial charge in [-0.2, -0.15) is 29.9 Å². The highest BCUT2D eigenvalue weighted by molar-refractivity contribution is 6.34. The molecule has 0 saturated heterocycles. The molecule has 0 aliphatic heterocycles. The third kappa shape index (κ3) is 14.6. The van der Waals surface area contributed by atoms with Crippen LogP contribution in [0.15, 0.2) is 143 Å². The number of hydrogen-bond acceptors (Lipinski definition) is 20. The zero-order valence-electron chi connectivity index (χ0n) is 55.7. The molecule has 0 aliphatic carbocycles. The van der Waals surface area contributed by atoms with Gasteiger partial charge in [-0.05, 0) is 122 Å². The number of nitrogens with one attached hydrogen (secondary N) is 10. The van der Waals surface area contributed by atoms with E-state index in [1.807, 2.05) is 94.8 Å². The van der Waals surface area contributed by atoms with Crippen LogP contribution in [-0.2, 0) is 0 Å². The van der Waals surface area contributed by atoms with Gasteiger partial charge in [0.1, 0.15) is 28.0 Å². The van der Waals surface area contributed by atoms with E-state index in [4.69, 9.17) is 57.8 Å². The molecule has 14 rings (SSSR count). The smallest absolute Gasteiger partial charge is 0.251 e. The average Bonchev–Trinajstić information content (AvgIpc) is 1.65. The molecule has 27 nitrogen and oxygen atoms in total. The minimum absolute atomic E-state index is 0.112. The first-order valence-electron chi connectivity index (χ1n) is 31.1. The fourth-order valence-corrected chi connectivity index (χ4v) is 11.6. The summed E-state index contributed by atoms with van der Waals surface area (Å²) in [6.45, 7) is 7.51. The summed E-state index contributed by atoms with van der Waals surface area (Å²) in [5.41, 5.74) is 13.6. The van der Waals surface area contributed by atoms with Crippen molar-refractivity contribution in [2.45, 2.75) is 33.8 Å². The molecule has 512 valence electrons. The summed E-state index contributed by atoms with van der Waals surface area (Å²) < 4.78 is 28.6. The molecule has 8 heterocycles. The third-order valence-electron chi connectivity index (χ3n) is 15.6. The average molecular weight is 1420 g/mol. The SMILES string of the molecule is CNC(=O)c1ccc(-c2c[nH]c3nc(Nc4ccc(C(=O)NC)cc4Cl)nc(OC)c23)cc1.CNC(=O)c1ccc(Nc2nc(OC(C)C)c3c(-c4ccc5nc(C)oc5c4)c[nH]c3n2)c(Cl)c1.CNC(=O)c1ccc(Nc2nc(OC)c3c(-c4ccc5nc(C)oc5c4)c[nH]c3n2)c(Cl)c1. The van der Waals surface area contributed by atoms with Crippen molar-refractivity contribution in [3.05, 3.63) is 183 Å². The van der Waals surface area contributed by atoms with Crippen molar-refractivity contribution in [1.29, 1.82) is 0 Å². The first-order chi connectivity index (χ1) is 48.7. The van der Waals surface area contributed by atoms with E-state index in [0.29, 0.717) is 129 Å². The number of rotatable bonds is 17. The number of aryl methyl sites for hydroxylation is 2. The van der Waals surface area contributed by atoms with E-state index in [9.17, 15) is 19.2 Å². The highest BCUT2D eigenvalue weighted by Gasteiger charge is 2.23. The van der Waals surface area contributed by atoms with Crippen LogP contribution in [0.25, 0.3) is 88.7 Å². The van der Waals surface area contributed by atoms with Crippen molar-refractivity contribution >= 4 is 149 Å². The van der Waals surface area contributed by atoms with Gasteiger partial charge in [-0.1, -0.05) is 59.1 Å². The number of ether oxygens (including phenoxy) is 3. The van der Waals surface area contributed by atoms with Gasteiger partial charge in [0, 0.05) is 99.6 Å². The number of amides is 4. The number of halogens is 3. The van der Waals surface area contributed by atoms with Gasteiger partial charge in [-0.25, -0.2) is 9.97 Å². The number of anilines is 6. The van der Waals surface area contributed by atoms with Crippen LogP contribution in [0, 0.1) is 13.8 Å². The van der Waals surface area contributed by atoms with Gasteiger partial charge in [0.05, 0.1) is 68.6 Å². The Labute approximate surface area is 590 Å². The number of aromatic amines is 3. The van der Waals surface area contributed by atoms with Crippen molar-refractivity contribution in [2.24, 2.45) is 0 Å². The molecule has 0 fully saturated rings. The van der Waals surface area contributed by atoms with Gasteiger partial charge in [0.25, 0.3) is 23.6 Å². The Bertz CT molecular complexity index is 5510. The lowest BCUT2D eigenvalue weighted by atomic mass is 10.0. The topological polar surface area (TPSA) is 357 Å². The molecule has 8 aromatic heterocycles. The lowest BCUT2D eigenvalue weighted by Crippen LogP contribution is -2.17. The van der Waals surface area contributed by atoms with Crippen molar-refractivity contribution in [1.82, 2.24) is 76.1 Å². The van der Waals surface area contributed by atoms with Gasteiger partial charge in [-0.3, -0.25) is 19.2 Å². The number of oxazole rings is 2. The number of H-pyrrole nitrogens is 3. The molecule has 0 atom stereocenters. The van der Waals surface area contributed by atoms with Crippen molar-refractivity contribution < 1.29 is 42.2 Å². The molecule has 0 spiro atoms. The minimum atomic E-state index is -0.231.